The van der Waals surface area contributed by atoms with E-state index in [2.05, 4.69) is 42.0 Å². The first-order valence-corrected chi connectivity index (χ1v) is 12.6. The summed E-state index contributed by atoms with van der Waals surface area (Å²) in [5.41, 5.74) is 10.2. The number of aromatic nitrogens is 6. The van der Waals surface area contributed by atoms with Crippen LogP contribution in [0.2, 0.25) is 0 Å². The molecule has 2 fully saturated rings. The smallest absolute Gasteiger partial charge is 0.272 e. The number of para-hydroxylation sites is 1. The summed E-state index contributed by atoms with van der Waals surface area (Å²) in [6.45, 7) is 0. The first-order valence-electron chi connectivity index (χ1n) is 12.6. The molecule has 0 radical (unpaired) electrons. The van der Waals surface area contributed by atoms with Crippen LogP contribution in [0.3, 0.4) is 0 Å². The Balaban J connectivity index is 1.37. The number of nitrogen functional groups attached to an aromatic ring is 1. The van der Waals surface area contributed by atoms with Gasteiger partial charge in [-0.3, -0.25) is 9.78 Å². The SMILES string of the molecule is C#Cc1c(-c2cnc3ccccc3c2)c2c(N)ncnc2n1C12CCC(NC(=O)c3cccnn3)(CC1)C2. The molecule has 2 saturated carbocycles. The Labute approximate surface area is 218 Å². The van der Waals surface area contributed by atoms with Crippen molar-refractivity contribution in [3.63, 3.8) is 0 Å². The molecule has 9 nitrogen and oxygen atoms in total. The third-order valence-corrected chi connectivity index (χ3v) is 8.26. The minimum atomic E-state index is -0.347. The van der Waals surface area contributed by atoms with Crippen LogP contribution in [0.1, 0.15) is 48.3 Å². The van der Waals surface area contributed by atoms with E-state index < -0.39 is 0 Å². The van der Waals surface area contributed by atoms with Crippen molar-refractivity contribution < 1.29 is 4.79 Å². The lowest BCUT2D eigenvalue weighted by Gasteiger charge is -2.30. The summed E-state index contributed by atoms with van der Waals surface area (Å²) >= 11 is 0. The predicted octanol–water partition coefficient (Wildman–Crippen LogP) is 3.84. The van der Waals surface area contributed by atoms with Crippen molar-refractivity contribution >= 4 is 33.7 Å². The maximum absolute atomic E-state index is 13.0. The van der Waals surface area contributed by atoms with Crippen molar-refractivity contribution in [3.8, 4) is 23.5 Å². The Morgan fingerprint density at radius 2 is 1.92 bits per heavy atom. The molecule has 1 aromatic carbocycles. The number of nitrogens with two attached hydrogens (primary N) is 1. The van der Waals surface area contributed by atoms with Gasteiger partial charge in [0.1, 0.15) is 23.5 Å². The number of nitrogens with one attached hydrogen (secondary N) is 1. The molecule has 2 bridgehead atoms. The van der Waals surface area contributed by atoms with Gasteiger partial charge in [0.05, 0.1) is 10.9 Å². The molecule has 1 amide bonds. The van der Waals surface area contributed by atoms with Gasteiger partial charge in [-0.25, -0.2) is 9.97 Å². The molecular formula is C29H24N8O. The second-order valence-electron chi connectivity index (χ2n) is 10.3. The molecule has 4 heterocycles. The Morgan fingerprint density at radius 3 is 2.71 bits per heavy atom. The van der Waals surface area contributed by atoms with Gasteiger partial charge in [-0.05, 0) is 56.4 Å². The van der Waals surface area contributed by atoms with Gasteiger partial charge in [0.2, 0.25) is 0 Å². The van der Waals surface area contributed by atoms with E-state index >= 15 is 0 Å². The zero-order chi connectivity index (χ0) is 25.9. The monoisotopic (exact) mass is 500 g/mol. The quantitative estimate of drug-likeness (QED) is 0.359. The minimum Gasteiger partial charge on any atom is -0.383 e. The summed E-state index contributed by atoms with van der Waals surface area (Å²) in [5.74, 6) is 3.14. The van der Waals surface area contributed by atoms with Crippen molar-refractivity contribution in [2.45, 2.75) is 43.2 Å². The molecule has 4 aromatic heterocycles. The number of hydrogen-bond donors (Lipinski definition) is 2. The second-order valence-corrected chi connectivity index (χ2v) is 10.3. The van der Waals surface area contributed by atoms with Crippen LogP contribution < -0.4 is 11.1 Å². The van der Waals surface area contributed by atoms with Crippen molar-refractivity contribution in [1.82, 2.24) is 35.0 Å². The van der Waals surface area contributed by atoms with Crippen LogP contribution in [0.15, 0.2) is 61.2 Å². The lowest BCUT2D eigenvalue weighted by atomic mass is 9.90. The van der Waals surface area contributed by atoms with Crippen molar-refractivity contribution in [3.05, 3.63) is 72.6 Å². The molecule has 2 aliphatic carbocycles. The summed E-state index contributed by atoms with van der Waals surface area (Å²) in [5, 5.41) is 12.9. The fourth-order valence-electron chi connectivity index (χ4n) is 6.60. The number of carbonyl (C=O) groups excluding carboxylic acids is 1. The summed E-state index contributed by atoms with van der Waals surface area (Å²) in [7, 11) is 0. The number of pyridine rings is 1. The highest BCUT2D eigenvalue weighted by molar-refractivity contribution is 6.04. The average molecular weight is 501 g/mol. The van der Waals surface area contributed by atoms with Gasteiger partial charge in [0.15, 0.2) is 5.69 Å². The van der Waals surface area contributed by atoms with E-state index in [9.17, 15) is 4.79 Å². The first-order chi connectivity index (χ1) is 18.5. The number of fused-ring (bicyclic) bond motifs is 4. The number of anilines is 1. The number of rotatable bonds is 4. The molecule has 0 saturated heterocycles. The van der Waals surface area contributed by atoms with Crippen molar-refractivity contribution in [1.29, 1.82) is 0 Å². The van der Waals surface area contributed by atoms with E-state index in [1.807, 2.05) is 30.5 Å². The predicted molar refractivity (Wildman–Crippen MR) is 144 cm³/mol. The van der Waals surface area contributed by atoms with Gasteiger partial charge in [-0.1, -0.05) is 24.1 Å². The molecule has 0 aliphatic heterocycles. The van der Waals surface area contributed by atoms with Gasteiger partial charge in [0.25, 0.3) is 5.91 Å². The Hall–Kier alpha value is -4.84. The van der Waals surface area contributed by atoms with Gasteiger partial charge in [-0.2, -0.15) is 5.10 Å². The normalized spacial score (nSPS) is 22.1. The number of hydrogen-bond acceptors (Lipinski definition) is 7. The molecule has 186 valence electrons. The van der Waals surface area contributed by atoms with Crippen LogP contribution in [-0.4, -0.2) is 41.2 Å². The topological polar surface area (TPSA) is 124 Å². The van der Waals surface area contributed by atoms with Crippen LogP contribution in [0.25, 0.3) is 33.1 Å². The number of benzene rings is 1. The second kappa shape index (κ2) is 8.08. The van der Waals surface area contributed by atoms with Crippen LogP contribution in [0.4, 0.5) is 5.82 Å². The highest BCUT2D eigenvalue weighted by Crippen LogP contribution is 2.57. The Morgan fingerprint density at radius 1 is 1.08 bits per heavy atom. The van der Waals surface area contributed by atoms with Gasteiger partial charge in [0, 0.05) is 40.0 Å². The maximum atomic E-state index is 13.0. The highest BCUT2D eigenvalue weighted by atomic mass is 16.2. The molecule has 0 atom stereocenters. The van der Waals surface area contributed by atoms with Gasteiger partial charge >= 0.3 is 0 Å². The van der Waals surface area contributed by atoms with E-state index in [0.717, 1.165) is 59.5 Å². The Bertz CT molecular complexity index is 1780. The molecule has 5 aromatic rings. The number of terminal acetylenes is 1. The summed E-state index contributed by atoms with van der Waals surface area (Å²) in [4.78, 5) is 26.7. The average Bonchev–Trinajstić information content (AvgIpc) is 3.62. The van der Waals surface area contributed by atoms with E-state index in [4.69, 9.17) is 17.1 Å². The number of nitrogens with zero attached hydrogens (tertiary/aromatic N) is 6. The first kappa shape index (κ1) is 22.4. The van der Waals surface area contributed by atoms with Crippen LogP contribution in [-0.2, 0) is 5.54 Å². The summed E-state index contributed by atoms with van der Waals surface area (Å²) < 4.78 is 2.19. The highest BCUT2D eigenvalue weighted by Gasteiger charge is 2.57. The fourth-order valence-corrected chi connectivity index (χ4v) is 6.60. The maximum Gasteiger partial charge on any atom is 0.272 e. The number of amides is 1. The van der Waals surface area contributed by atoms with Crippen LogP contribution >= 0.6 is 0 Å². The zero-order valence-electron chi connectivity index (χ0n) is 20.6. The van der Waals surface area contributed by atoms with E-state index in [1.165, 1.54) is 6.33 Å². The van der Waals surface area contributed by atoms with E-state index in [-0.39, 0.29) is 17.0 Å². The standard InChI is InChI=1S/C29H24N8O/c1-2-22-23(19-14-18-6-3-4-7-20(18)31-15-19)24-25(30)32-17-33-26(24)37(22)29-11-9-28(16-29,10-12-29)35-27(38)21-8-5-13-34-36-21/h1,3-8,13-15,17H,9-12,16H2,(H,35,38)(H2,30,32,33). The van der Waals surface area contributed by atoms with Crippen LogP contribution in [0, 0.1) is 12.3 Å². The molecule has 7 rings (SSSR count). The molecule has 0 unspecified atom stereocenters. The third kappa shape index (κ3) is 3.20. The van der Waals surface area contributed by atoms with Gasteiger partial charge < -0.3 is 15.6 Å². The lowest BCUT2D eigenvalue weighted by molar-refractivity contribution is 0.0894. The lowest BCUT2D eigenvalue weighted by Crippen LogP contribution is -2.45. The van der Waals surface area contributed by atoms with Crippen molar-refractivity contribution in [2.24, 2.45) is 0 Å². The molecular weight excluding hydrogens is 476 g/mol. The largest absolute Gasteiger partial charge is 0.383 e. The molecule has 3 N–H and O–H groups in total. The molecule has 9 heteroatoms. The third-order valence-electron chi connectivity index (χ3n) is 8.26. The molecule has 2 aliphatic rings. The van der Waals surface area contributed by atoms with Gasteiger partial charge in [-0.15, -0.1) is 11.5 Å². The summed E-state index contributed by atoms with van der Waals surface area (Å²) in [6, 6.07) is 13.4. The van der Waals surface area contributed by atoms with Crippen molar-refractivity contribution in [2.75, 3.05) is 5.73 Å². The molecule has 0 spiro atoms. The number of carbonyl (C=O) groups is 1. The van der Waals surface area contributed by atoms with E-state index in [0.29, 0.717) is 22.9 Å². The zero-order valence-corrected chi connectivity index (χ0v) is 20.6. The van der Waals surface area contributed by atoms with Crippen LogP contribution in [0.5, 0.6) is 0 Å². The fraction of sp³-hybridized carbons (Fsp3) is 0.241. The minimum absolute atomic E-state index is 0.208. The van der Waals surface area contributed by atoms with E-state index in [1.54, 1.807) is 18.3 Å². The molecule has 38 heavy (non-hydrogen) atoms. The Kier molecular flexibility index (Phi) is 4.76. The summed E-state index contributed by atoms with van der Waals surface area (Å²) in [6.07, 6.45) is 15.2.